The SMILES string of the molecule is C=CC.C=CC.CCC(=O)O. The molecule has 0 radical (unpaired) electrons. The summed E-state index contributed by atoms with van der Waals surface area (Å²) >= 11 is 0. The maximum Gasteiger partial charge on any atom is 0.303 e. The van der Waals surface area contributed by atoms with E-state index < -0.39 is 5.97 Å². The third-order valence-electron chi connectivity index (χ3n) is 0.302. The molecule has 0 aliphatic carbocycles. The summed E-state index contributed by atoms with van der Waals surface area (Å²) in [6.45, 7) is 12.1. The summed E-state index contributed by atoms with van der Waals surface area (Å²) < 4.78 is 0. The van der Waals surface area contributed by atoms with Gasteiger partial charge in [-0.2, -0.15) is 0 Å². The largest absolute Gasteiger partial charge is 0.481 e. The first-order chi connectivity index (χ1) is 5.10. The zero-order valence-corrected chi connectivity index (χ0v) is 7.63. The molecular formula is C9H18O2. The van der Waals surface area contributed by atoms with Crippen molar-refractivity contribution >= 4 is 5.97 Å². The number of allylic oxidation sites excluding steroid dienone is 2. The average molecular weight is 158 g/mol. The van der Waals surface area contributed by atoms with Gasteiger partial charge in [-0.1, -0.05) is 19.1 Å². The highest BCUT2D eigenvalue weighted by molar-refractivity contribution is 5.66. The Morgan fingerprint density at radius 3 is 1.45 bits per heavy atom. The lowest BCUT2D eigenvalue weighted by Gasteiger charge is -1.71. The standard InChI is InChI=1S/C3H6O2.2C3H6/c1-2-3(4)5;2*1-3-2/h2H2,1H3,(H,4,5);2*3H,1H2,2H3. The van der Waals surface area contributed by atoms with E-state index in [0.29, 0.717) is 0 Å². The molecule has 11 heavy (non-hydrogen) atoms. The van der Waals surface area contributed by atoms with Gasteiger partial charge in [0.1, 0.15) is 0 Å². The summed E-state index contributed by atoms with van der Waals surface area (Å²) in [5.74, 6) is -0.745. The predicted molar refractivity (Wildman–Crippen MR) is 49.7 cm³/mol. The Bertz CT molecular complexity index is 89.7. The molecule has 0 aliphatic rings. The van der Waals surface area contributed by atoms with Crippen molar-refractivity contribution < 1.29 is 9.90 Å². The predicted octanol–water partition coefficient (Wildman–Crippen LogP) is 2.87. The zero-order valence-electron chi connectivity index (χ0n) is 7.63. The van der Waals surface area contributed by atoms with Crippen LogP contribution >= 0.6 is 0 Å². The quantitative estimate of drug-likeness (QED) is 0.596. The van der Waals surface area contributed by atoms with Crippen LogP contribution in [-0.4, -0.2) is 11.1 Å². The van der Waals surface area contributed by atoms with Crippen LogP contribution in [0.25, 0.3) is 0 Å². The molecule has 2 nitrogen and oxygen atoms in total. The van der Waals surface area contributed by atoms with E-state index in [1.165, 1.54) is 0 Å². The first kappa shape index (κ1) is 16.5. The molecule has 0 spiro atoms. The summed E-state index contributed by atoms with van der Waals surface area (Å²) in [4.78, 5) is 9.37. The van der Waals surface area contributed by atoms with Crippen LogP contribution in [0.1, 0.15) is 27.2 Å². The number of carbonyl (C=O) groups is 1. The highest BCUT2D eigenvalue weighted by Crippen LogP contribution is 1.67. The van der Waals surface area contributed by atoms with Gasteiger partial charge in [-0.05, 0) is 13.8 Å². The van der Waals surface area contributed by atoms with Gasteiger partial charge in [0.15, 0.2) is 0 Å². The van der Waals surface area contributed by atoms with Crippen molar-refractivity contribution in [1.82, 2.24) is 0 Å². The van der Waals surface area contributed by atoms with Crippen LogP contribution in [0, 0.1) is 0 Å². The van der Waals surface area contributed by atoms with Gasteiger partial charge in [-0.25, -0.2) is 0 Å². The van der Waals surface area contributed by atoms with Gasteiger partial charge in [0.2, 0.25) is 0 Å². The Balaban J connectivity index is -0.0000000933. The van der Waals surface area contributed by atoms with E-state index in [2.05, 4.69) is 13.2 Å². The topological polar surface area (TPSA) is 37.3 Å². The summed E-state index contributed by atoms with van der Waals surface area (Å²) in [7, 11) is 0. The van der Waals surface area contributed by atoms with E-state index in [1.54, 1.807) is 19.1 Å². The van der Waals surface area contributed by atoms with Crippen LogP contribution in [0.4, 0.5) is 0 Å². The zero-order chi connectivity index (χ0) is 9.70. The summed E-state index contributed by atoms with van der Waals surface area (Å²) in [5, 5.41) is 7.72. The molecule has 1 N–H and O–H groups in total. The normalized spacial score (nSPS) is 5.73. The Morgan fingerprint density at radius 1 is 1.36 bits per heavy atom. The first-order valence-corrected chi connectivity index (χ1v) is 3.46. The van der Waals surface area contributed by atoms with E-state index in [4.69, 9.17) is 5.11 Å². The van der Waals surface area contributed by atoms with Crippen molar-refractivity contribution in [2.24, 2.45) is 0 Å². The smallest absolute Gasteiger partial charge is 0.303 e. The van der Waals surface area contributed by atoms with E-state index in [9.17, 15) is 4.79 Å². The molecule has 0 aromatic heterocycles. The Hall–Kier alpha value is -1.05. The summed E-state index contributed by atoms with van der Waals surface area (Å²) in [6.07, 6.45) is 3.72. The van der Waals surface area contributed by atoms with E-state index in [0.717, 1.165) is 0 Å². The molecule has 2 heteroatoms. The van der Waals surface area contributed by atoms with Crippen LogP contribution in [0.5, 0.6) is 0 Å². The van der Waals surface area contributed by atoms with Gasteiger partial charge < -0.3 is 5.11 Å². The number of hydrogen-bond donors (Lipinski definition) is 1. The van der Waals surface area contributed by atoms with E-state index in [1.807, 2.05) is 13.8 Å². The molecule has 0 aromatic rings. The fourth-order valence-corrected chi connectivity index (χ4v) is 0. The van der Waals surface area contributed by atoms with Crippen molar-refractivity contribution in [2.75, 3.05) is 0 Å². The van der Waals surface area contributed by atoms with Crippen molar-refractivity contribution in [3.63, 3.8) is 0 Å². The van der Waals surface area contributed by atoms with Crippen LogP contribution in [0.15, 0.2) is 25.3 Å². The molecule has 0 saturated heterocycles. The molecule has 0 fully saturated rings. The van der Waals surface area contributed by atoms with Gasteiger partial charge in [-0.15, -0.1) is 13.2 Å². The molecule has 66 valence electrons. The molecule has 0 bridgehead atoms. The second kappa shape index (κ2) is 23.1. The number of aliphatic carboxylic acids is 1. The minimum Gasteiger partial charge on any atom is -0.481 e. The maximum absolute atomic E-state index is 9.37. The highest BCUT2D eigenvalue weighted by atomic mass is 16.4. The maximum atomic E-state index is 9.37. The van der Waals surface area contributed by atoms with Crippen molar-refractivity contribution in [3.8, 4) is 0 Å². The highest BCUT2D eigenvalue weighted by Gasteiger charge is 1.80. The third-order valence-corrected chi connectivity index (χ3v) is 0.302. The molecule has 0 unspecified atom stereocenters. The van der Waals surface area contributed by atoms with Gasteiger partial charge in [0, 0.05) is 6.42 Å². The molecule has 0 amide bonds. The van der Waals surface area contributed by atoms with Gasteiger partial charge >= 0.3 is 5.97 Å². The van der Waals surface area contributed by atoms with Crippen LogP contribution < -0.4 is 0 Å². The van der Waals surface area contributed by atoms with Gasteiger partial charge in [0.25, 0.3) is 0 Å². The van der Waals surface area contributed by atoms with Crippen LogP contribution in [-0.2, 0) is 4.79 Å². The van der Waals surface area contributed by atoms with Crippen molar-refractivity contribution in [2.45, 2.75) is 27.2 Å². The fourth-order valence-electron chi connectivity index (χ4n) is 0. The van der Waals surface area contributed by atoms with Gasteiger partial charge in [0.05, 0.1) is 0 Å². The number of carboxylic acids is 1. The fraction of sp³-hybridized carbons (Fsp3) is 0.444. The molecule has 0 atom stereocenters. The molecule has 0 rings (SSSR count). The molecule has 0 saturated carbocycles. The lowest BCUT2D eigenvalue weighted by atomic mass is 10.5. The second-order valence-electron chi connectivity index (χ2n) is 1.56. The first-order valence-electron chi connectivity index (χ1n) is 3.46. The minimum absolute atomic E-state index is 0.222. The monoisotopic (exact) mass is 158 g/mol. The van der Waals surface area contributed by atoms with Gasteiger partial charge in [-0.3, -0.25) is 4.79 Å². The number of carboxylic acid groups (broad SMARTS) is 1. The lowest BCUT2D eigenvalue weighted by Crippen LogP contribution is -1.86. The molecule has 0 aliphatic heterocycles. The minimum atomic E-state index is -0.745. The third kappa shape index (κ3) is 479. The van der Waals surface area contributed by atoms with Crippen LogP contribution in [0.2, 0.25) is 0 Å². The number of hydrogen-bond acceptors (Lipinski definition) is 1. The Kier molecular flexibility index (Phi) is 34.6. The van der Waals surface area contributed by atoms with Crippen molar-refractivity contribution in [1.29, 1.82) is 0 Å². The lowest BCUT2D eigenvalue weighted by molar-refractivity contribution is -0.136. The average Bonchev–Trinajstić information content (AvgIpc) is 1.91. The molecule has 0 aromatic carbocycles. The summed E-state index contributed by atoms with van der Waals surface area (Å²) in [5.41, 5.74) is 0. The van der Waals surface area contributed by atoms with E-state index >= 15 is 0 Å². The second-order valence-corrected chi connectivity index (χ2v) is 1.56. The van der Waals surface area contributed by atoms with E-state index in [-0.39, 0.29) is 6.42 Å². The Labute approximate surface area is 69.2 Å². The Morgan fingerprint density at radius 2 is 1.45 bits per heavy atom. The summed E-state index contributed by atoms with van der Waals surface area (Å²) in [6, 6.07) is 0. The molecule has 0 heterocycles. The number of rotatable bonds is 1. The molecular weight excluding hydrogens is 140 g/mol. The van der Waals surface area contributed by atoms with Crippen molar-refractivity contribution in [3.05, 3.63) is 25.3 Å². The van der Waals surface area contributed by atoms with Crippen LogP contribution in [0.3, 0.4) is 0 Å².